The molecule has 2 rings (SSSR count). The molecule has 1 aromatic rings. The molecule has 0 unspecified atom stereocenters. The Labute approximate surface area is 96.2 Å². The number of rotatable bonds is 4. The van der Waals surface area contributed by atoms with Crippen molar-refractivity contribution >= 4 is 5.91 Å². The van der Waals surface area contributed by atoms with Crippen molar-refractivity contribution in [1.82, 2.24) is 5.32 Å². The third kappa shape index (κ3) is 3.12. The summed E-state index contributed by atoms with van der Waals surface area (Å²) in [5.41, 5.74) is 1.14. The number of hydrogen-bond donors (Lipinski definition) is 1. The Balaban J connectivity index is 1.67. The summed E-state index contributed by atoms with van der Waals surface area (Å²) in [6.07, 6.45) is 10.1. The van der Waals surface area contributed by atoms with Crippen LogP contribution in [-0.2, 0) is 11.2 Å². The summed E-state index contributed by atoms with van der Waals surface area (Å²) >= 11 is 0. The van der Waals surface area contributed by atoms with E-state index in [1.807, 2.05) is 6.07 Å². The van der Waals surface area contributed by atoms with Crippen LogP contribution in [0.4, 0.5) is 0 Å². The predicted octanol–water partition coefficient (Wildman–Crippen LogP) is 2.52. The zero-order valence-corrected chi connectivity index (χ0v) is 9.58. The third-order valence-electron chi connectivity index (χ3n) is 3.27. The molecule has 1 amide bonds. The fourth-order valence-electron chi connectivity index (χ4n) is 2.27. The summed E-state index contributed by atoms with van der Waals surface area (Å²) in [5.74, 6) is 0.501. The van der Waals surface area contributed by atoms with E-state index in [0.717, 1.165) is 31.4 Å². The molecule has 0 saturated heterocycles. The lowest BCUT2D eigenvalue weighted by atomic mass is 9.89. The van der Waals surface area contributed by atoms with E-state index in [1.54, 1.807) is 12.5 Å². The Hall–Kier alpha value is -1.25. The Morgan fingerprint density at radius 3 is 2.88 bits per heavy atom. The lowest BCUT2D eigenvalue weighted by Crippen LogP contribution is -2.33. The molecule has 1 N–H and O–H groups in total. The molecule has 1 fully saturated rings. The van der Waals surface area contributed by atoms with Crippen LogP contribution in [-0.4, -0.2) is 12.5 Å². The number of hydrogen-bond acceptors (Lipinski definition) is 2. The highest BCUT2D eigenvalue weighted by molar-refractivity contribution is 5.78. The molecule has 0 aromatic carbocycles. The highest BCUT2D eigenvalue weighted by Gasteiger charge is 2.20. The first-order valence-electron chi connectivity index (χ1n) is 6.15. The first-order valence-corrected chi connectivity index (χ1v) is 6.15. The summed E-state index contributed by atoms with van der Waals surface area (Å²) in [7, 11) is 0. The second-order valence-corrected chi connectivity index (χ2v) is 4.51. The molecule has 3 nitrogen and oxygen atoms in total. The van der Waals surface area contributed by atoms with E-state index in [9.17, 15) is 4.79 Å². The van der Waals surface area contributed by atoms with Gasteiger partial charge in [0.2, 0.25) is 5.91 Å². The maximum absolute atomic E-state index is 11.8. The van der Waals surface area contributed by atoms with E-state index >= 15 is 0 Å². The van der Waals surface area contributed by atoms with Gasteiger partial charge in [0.05, 0.1) is 12.5 Å². The molecule has 0 bridgehead atoms. The fourth-order valence-corrected chi connectivity index (χ4v) is 2.27. The lowest BCUT2D eigenvalue weighted by Gasteiger charge is -2.20. The van der Waals surface area contributed by atoms with Crippen LogP contribution in [0.25, 0.3) is 0 Å². The molecular weight excluding hydrogens is 202 g/mol. The Bertz CT molecular complexity index is 313. The molecule has 0 spiro atoms. The van der Waals surface area contributed by atoms with E-state index in [1.165, 1.54) is 19.3 Å². The number of nitrogens with one attached hydrogen (secondary N) is 1. The van der Waals surface area contributed by atoms with Gasteiger partial charge in [-0.15, -0.1) is 0 Å². The van der Waals surface area contributed by atoms with Crippen molar-refractivity contribution in [3.8, 4) is 0 Å². The van der Waals surface area contributed by atoms with Crippen LogP contribution in [0.5, 0.6) is 0 Å². The van der Waals surface area contributed by atoms with Gasteiger partial charge in [-0.1, -0.05) is 19.3 Å². The van der Waals surface area contributed by atoms with Crippen LogP contribution >= 0.6 is 0 Å². The van der Waals surface area contributed by atoms with Crippen LogP contribution in [0.3, 0.4) is 0 Å². The van der Waals surface area contributed by atoms with Crippen LogP contribution in [0, 0.1) is 5.92 Å². The van der Waals surface area contributed by atoms with E-state index in [0.29, 0.717) is 0 Å². The van der Waals surface area contributed by atoms with Gasteiger partial charge >= 0.3 is 0 Å². The second-order valence-electron chi connectivity index (χ2n) is 4.51. The van der Waals surface area contributed by atoms with Gasteiger partial charge in [0.25, 0.3) is 0 Å². The van der Waals surface area contributed by atoms with Gasteiger partial charge in [0.15, 0.2) is 0 Å². The van der Waals surface area contributed by atoms with Crippen LogP contribution in [0.2, 0.25) is 0 Å². The molecule has 1 aliphatic carbocycles. The quantitative estimate of drug-likeness (QED) is 0.848. The molecule has 0 atom stereocenters. The van der Waals surface area contributed by atoms with Crippen molar-refractivity contribution in [1.29, 1.82) is 0 Å². The maximum atomic E-state index is 11.8. The number of carbonyl (C=O) groups excluding carboxylic acids is 1. The van der Waals surface area contributed by atoms with E-state index in [2.05, 4.69) is 5.32 Å². The van der Waals surface area contributed by atoms with Crippen molar-refractivity contribution in [2.75, 3.05) is 6.54 Å². The lowest BCUT2D eigenvalue weighted by molar-refractivity contribution is -0.125. The Morgan fingerprint density at radius 2 is 2.19 bits per heavy atom. The summed E-state index contributed by atoms with van der Waals surface area (Å²) in [6, 6.07) is 1.94. The molecule has 1 aromatic heterocycles. The first kappa shape index (κ1) is 11.2. The second kappa shape index (κ2) is 5.73. The normalized spacial score (nSPS) is 17.2. The molecule has 0 radical (unpaired) electrons. The Morgan fingerprint density at radius 1 is 1.38 bits per heavy atom. The van der Waals surface area contributed by atoms with E-state index < -0.39 is 0 Å². The SMILES string of the molecule is O=C(NCCc1ccoc1)C1CCCCC1. The predicted molar refractivity (Wildman–Crippen MR) is 62.0 cm³/mol. The zero-order valence-electron chi connectivity index (χ0n) is 9.58. The van der Waals surface area contributed by atoms with Gasteiger partial charge in [0.1, 0.15) is 0 Å². The Kier molecular flexibility index (Phi) is 4.03. The highest BCUT2D eigenvalue weighted by Crippen LogP contribution is 2.23. The molecule has 1 saturated carbocycles. The van der Waals surface area contributed by atoms with Gasteiger partial charge in [-0.25, -0.2) is 0 Å². The third-order valence-corrected chi connectivity index (χ3v) is 3.27. The number of carbonyl (C=O) groups is 1. The van der Waals surface area contributed by atoms with Crippen LogP contribution in [0.15, 0.2) is 23.0 Å². The smallest absolute Gasteiger partial charge is 0.223 e. The van der Waals surface area contributed by atoms with Gasteiger partial charge in [-0.05, 0) is 30.9 Å². The average molecular weight is 221 g/mol. The van der Waals surface area contributed by atoms with Crippen LogP contribution < -0.4 is 5.32 Å². The standard InChI is InChI=1S/C13H19NO2/c15-13(12-4-2-1-3-5-12)14-8-6-11-7-9-16-10-11/h7,9-10,12H,1-6,8H2,(H,14,15). The minimum absolute atomic E-state index is 0.239. The van der Waals surface area contributed by atoms with Crippen molar-refractivity contribution in [2.45, 2.75) is 38.5 Å². The molecule has 0 aliphatic heterocycles. The van der Waals surface area contributed by atoms with Gasteiger partial charge in [-0.3, -0.25) is 4.79 Å². The largest absolute Gasteiger partial charge is 0.472 e. The highest BCUT2D eigenvalue weighted by atomic mass is 16.3. The molecule has 16 heavy (non-hydrogen) atoms. The van der Waals surface area contributed by atoms with Gasteiger partial charge in [-0.2, -0.15) is 0 Å². The summed E-state index contributed by atoms with van der Waals surface area (Å²) in [5, 5.41) is 3.01. The molecule has 1 aliphatic rings. The molecule has 1 heterocycles. The van der Waals surface area contributed by atoms with Crippen molar-refractivity contribution in [3.63, 3.8) is 0 Å². The van der Waals surface area contributed by atoms with Crippen molar-refractivity contribution < 1.29 is 9.21 Å². The summed E-state index contributed by atoms with van der Waals surface area (Å²) < 4.78 is 4.98. The zero-order chi connectivity index (χ0) is 11.2. The minimum atomic E-state index is 0.239. The number of amides is 1. The topological polar surface area (TPSA) is 42.2 Å². The molecular formula is C13H19NO2. The van der Waals surface area contributed by atoms with Gasteiger partial charge < -0.3 is 9.73 Å². The van der Waals surface area contributed by atoms with Gasteiger partial charge in [0, 0.05) is 12.5 Å². The fraction of sp³-hybridized carbons (Fsp3) is 0.615. The van der Waals surface area contributed by atoms with Crippen molar-refractivity contribution in [3.05, 3.63) is 24.2 Å². The first-order chi connectivity index (χ1) is 7.86. The van der Waals surface area contributed by atoms with E-state index in [-0.39, 0.29) is 11.8 Å². The summed E-state index contributed by atoms with van der Waals surface area (Å²) in [4.78, 5) is 11.8. The van der Waals surface area contributed by atoms with Crippen molar-refractivity contribution in [2.24, 2.45) is 5.92 Å². The number of furan rings is 1. The molecule has 88 valence electrons. The maximum Gasteiger partial charge on any atom is 0.223 e. The average Bonchev–Trinajstić information content (AvgIpc) is 2.83. The summed E-state index contributed by atoms with van der Waals surface area (Å²) in [6.45, 7) is 0.717. The monoisotopic (exact) mass is 221 g/mol. The van der Waals surface area contributed by atoms with E-state index in [4.69, 9.17) is 4.42 Å². The van der Waals surface area contributed by atoms with Crippen LogP contribution in [0.1, 0.15) is 37.7 Å². The minimum Gasteiger partial charge on any atom is -0.472 e. The molecule has 3 heteroatoms.